The molecule has 8 heteroatoms. The quantitative estimate of drug-likeness (QED) is 0.598. The standard InChI is InChI=1S/C20H33N3O4S/c1-4-19(20(24)21-13-8-16-23-14-6-5-7-15-23)27-18-11-9-17(10-12-18)22(2)28(3,25)26/h9-12,19H,4-8,13-16H2,1-3H3,(H,21,24)/t19-/m0/s1. The molecule has 1 amide bonds. The summed E-state index contributed by atoms with van der Waals surface area (Å²) in [7, 11) is -1.81. The maximum Gasteiger partial charge on any atom is 0.261 e. The predicted octanol–water partition coefficient (Wildman–Crippen LogP) is 2.23. The van der Waals surface area contributed by atoms with E-state index >= 15 is 0 Å². The van der Waals surface area contributed by atoms with Crippen LogP contribution in [0.3, 0.4) is 0 Å². The van der Waals surface area contributed by atoms with Crippen molar-refractivity contribution in [1.82, 2.24) is 10.2 Å². The van der Waals surface area contributed by atoms with E-state index in [2.05, 4.69) is 10.2 Å². The Morgan fingerprint density at radius 1 is 1.21 bits per heavy atom. The van der Waals surface area contributed by atoms with Gasteiger partial charge in [-0.3, -0.25) is 9.10 Å². The number of hydrogen-bond acceptors (Lipinski definition) is 5. The average Bonchev–Trinajstić information content (AvgIpc) is 2.69. The summed E-state index contributed by atoms with van der Waals surface area (Å²) in [6.45, 7) is 5.91. The fourth-order valence-corrected chi connectivity index (χ4v) is 3.73. The first kappa shape index (κ1) is 22.5. The number of piperidine rings is 1. The van der Waals surface area contributed by atoms with Gasteiger partial charge in [0, 0.05) is 13.6 Å². The number of rotatable bonds is 10. The molecule has 0 saturated carbocycles. The van der Waals surface area contributed by atoms with Gasteiger partial charge in [-0.05, 0) is 69.6 Å². The van der Waals surface area contributed by atoms with Crippen molar-refractivity contribution in [3.8, 4) is 5.75 Å². The minimum absolute atomic E-state index is 0.113. The third-order valence-corrected chi connectivity index (χ3v) is 6.24. The third-order valence-electron chi connectivity index (χ3n) is 5.04. The number of carbonyl (C=O) groups excluding carboxylic acids is 1. The molecule has 0 bridgehead atoms. The fraction of sp³-hybridized carbons (Fsp3) is 0.650. The van der Waals surface area contributed by atoms with Gasteiger partial charge in [-0.15, -0.1) is 0 Å². The lowest BCUT2D eigenvalue weighted by Crippen LogP contribution is -2.39. The van der Waals surface area contributed by atoms with Crippen molar-refractivity contribution in [1.29, 1.82) is 0 Å². The zero-order chi connectivity index (χ0) is 20.6. The zero-order valence-electron chi connectivity index (χ0n) is 17.2. The first-order valence-electron chi connectivity index (χ1n) is 10.0. The lowest BCUT2D eigenvalue weighted by molar-refractivity contribution is -0.128. The van der Waals surface area contributed by atoms with Crippen LogP contribution in [0.1, 0.15) is 39.0 Å². The highest BCUT2D eigenvalue weighted by atomic mass is 32.2. The molecule has 1 fully saturated rings. The van der Waals surface area contributed by atoms with Crippen LogP contribution in [0.25, 0.3) is 0 Å². The van der Waals surface area contributed by atoms with E-state index in [-0.39, 0.29) is 5.91 Å². The number of carbonyl (C=O) groups is 1. The first-order valence-corrected chi connectivity index (χ1v) is 11.9. The Hall–Kier alpha value is -1.80. The topological polar surface area (TPSA) is 78.9 Å². The summed E-state index contributed by atoms with van der Waals surface area (Å²) in [4.78, 5) is 14.9. The van der Waals surface area contributed by atoms with Gasteiger partial charge in [0.05, 0.1) is 11.9 Å². The van der Waals surface area contributed by atoms with Crippen molar-refractivity contribution in [3.63, 3.8) is 0 Å². The highest BCUT2D eigenvalue weighted by molar-refractivity contribution is 7.92. The summed E-state index contributed by atoms with van der Waals surface area (Å²) < 4.78 is 30.2. The van der Waals surface area contributed by atoms with E-state index in [9.17, 15) is 13.2 Å². The molecule has 158 valence electrons. The molecule has 1 atom stereocenters. The first-order chi connectivity index (χ1) is 13.3. The molecule has 1 aliphatic heterocycles. The Balaban J connectivity index is 1.79. The van der Waals surface area contributed by atoms with Crippen LogP contribution in [0.15, 0.2) is 24.3 Å². The van der Waals surface area contributed by atoms with E-state index in [0.717, 1.165) is 19.2 Å². The van der Waals surface area contributed by atoms with Crippen molar-refractivity contribution in [2.45, 2.75) is 45.1 Å². The van der Waals surface area contributed by atoms with Gasteiger partial charge in [-0.1, -0.05) is 13.3 Å². The Morgan fingerprint density at radius 3 is 2.43 bits per heavy atom. The fourth-order valence-electron chi connectivity index (χ4n) is 3.22. The van der Waals surface area contributed by atoms with Gasteiger partial charge in [0.25, 0.3) is 5.91 Å². The molecule has 1 N–H and O–H groups in total. The minimum atomic E-state index is -3.31. The minimum Gasteiger partial charge on any atom is -0.481 e. The van der Waals surface area contributed by atoms with Gasteiger partial charge in [-0.2, -0.15) is 0 Å². The Labute approximate surface area is 169 Å². The summed E-state index contributed by atoms with van der Waals surface area (Å²) in [5, 5.41) is 2.96. The molecule has 1 aliphatic rings. The molecular weight excluding hydrogens is 378 g/mol. The third kappa shape index (κ3) is 6.98. The number of amides is 1. The molecule has 0 spiro atoms. The number of benzene rings is 1. The largest absolute Gasteiger partial charge is 0.481 e. The number of nitrogens with zero attached hydrogens (tertiary/aromatic N) is 2. The number of hydrogen-bond donors (Lipinski definition) is 1. The van der Waals surface area contributed by atoms with Crippen LogP contribution in [-0.2, 0) is 14.8 Å². The zero-order valence-corrected chi connectivity index (χ0v) is 18.0. The molecule has 0 radical (unpaired) electrons. The summed E-state index contributed by atoms with van der Waals surface area (Å²) in [5.41, 5.74) is 0.546. The van der Waals surface area contributed by atoms with E-state index in [1.54, 1.807) is 24.3 Å². The van der Waals surface area contributed by atoms with Gasteiger partial charge in [0.2, 0.25) is 10.0 Å². The summed E-state index contributed by atoms with van der Waals surface area (Å²) in [6.07, 6.45) is 5.97. The van der Waals surface area contributed by atoms with E-state index in [1.807, 2.05) is 6.92 Å². The van der Waals surface area contributed by atoms with Crippen molar-refractivity contribution in [2.75, 3.05) is 43.8 Å². The van der Waals surface area contributed by atoms with E-state index < -0.39 is 16.1 Å². The predicted molar refractivity (Wildman–Crippen MR) is 112 cm³/mol. The number of likely N-dealkylation sites (tertiary alicyclic amines) is 1. The van der Waals surface area contributed by atoms with Crippen LogP contribution in [0, 0.1) is 0 Å². The number of anilines is 1. The molecule has 0 aliphatic carbocycles. The van der Waals surface area contributed by atoms with Gasteiger partial charge >= 0.3 is 0 Å². The van der Waals surface area contributed by atoms with E-state index in [4.69, 9.17) is 4.74 Å². The average molecular weight is 412 g/mol. The molecule has 0 unspecified atom stereocenters. The number of sulfonamides is 1. The van der Waals surface area contributed by atoms with Crippen molar-refractivity contribution < 1.29 is 17.9 Å². The van der Waals surface area contributed by atoms with Crippen LogP contribution in [0.4, 0.5) is 5.69 Å². The second-order valence-corrected chi connectivity index (χ2v) is 9.30. The van der Waals surface area contributed by atoms with Crippen molar-refractivity contribution in [3.05, 3.63) is 24.3 Å². The van der Waals surface area contributed by atoms with Gasteiger partial charge in [0.15, 0.2) is 6.10 Å². The molecular formula is C20H33N3O4S. The molecule has 28 heavy (non-hydrogen) atoms. The second-order valence-electron chi connectivity index (χ2n) is 7.29. The van der Waals surface area contributed by atoms with Gasteiger partial charge in [-0.25, -0.2) is 8.42 Å². The Morgan fingerprint density at radius 2 is 1.86 bits per heavy atom. The number of nitrogens with one attached hydrogen (secondary N) is 1. The SMILES string of the molecule is CC[C@H](Oc1ccc(N(C)S(C)(=O)=O)cc1)C(=O)NCCCN1CCCCC1. The van der Waals surface area contributed by atoms with Crippen LogP contribution in [0.5, 0.6) is 5.75 Å². The van der Waals surface area contributed by atoms with Crippen LogP contribution in [-0.4, -0.2) is 64.8 Å². The molecule has 7 nitrogen and oxygen atoms in total. The summed E-state index contributed by atoms with van der Waals surface area (Å²) >= 11 is 0. The summed E-state index contributed by atoms with van der Waals surface area (Å²) in [5.74, 6) is 0.430. The van der Waals surface area contributed by atoms with Gasteiger partial charge in [0.1, 0.15) is 5.75 Å². The van der Waals surface area contributed by atoms with Crippen molar-refractivity contribution >= 4 is 21.6 Å². The Kier molecular flexibility index (Phi) is 8.57. The molecule has 0 aromatic heterocycles. The van der Waals surface area contributed by atoms with E-state index in [1.165, 1.54) is 43.7 Å². The molecule has 1 saturated heterocycles. The number of ether oxygens (including phenoxy) is 1. The lowest BCUT2D eigenvalue weighted by atomic mass is 10.1. The molecule has 1 heterocycles. The normalized spacial score (nSPS) is 16.4. The maximum absolute atomic E-state index is 12.4. The maximum atomic E-state index is 12.4. The lowest BCUT2D eigenvalue weighted by Gasteiger charge is -2.26. The van der Waals surface area contributed by atoms with Gasteiger partial charge < -0.3 is 15.0 Å². The van der Waals surface area contributed by atoms with Crippen molar-refractivity contribution in [2.24, 2.45) is 0 Å². The Bertz CT molecular complexity index is 715. The highest BCUT2D eigenvalue weighted by Crippen LogP contribution is 2.21. The van der Waals surface area contributed by atoms with Crippen LogP contribution >= 0.6 is 0 Å². The summed E-state index contributed by atoms with van der Waals surface area (Å²) in [6, 6.07) is 6.70. The van der Waals surface area contributed by atoms with Crippen LogP contribution < -0.4 is 14.4 Å². The molecule has 1 aromatic carbocycles. The monoisotopic (exact) mass is 411 g/mol. The smallest absolute Gasteiger partial charge is 0.261 e. The van der Waals surface area contributed by atoms with Crippen LogP contribution in [0.2, 0.25) is 0 Å². The van der Waals surface area contributed by atoms with E-state index in [0.29, 0.717) is 24.4 Å². The second kappa shape index (κ2) is 10.7. The highest BCUT2D eigenvalue weighted by Gasteiger charge is 2.19. The molecule has 1 aromatic rings. The molecule has 2 rings (SSSR count).